The van der Waals surface area contributed by atoms with Crippen LogP contribution >= 0.6 is 0 Å². The molecule has 1 atom stereocenters. The normalized spacial score (nSPS) is 13.1. The van der Waals surface area contributed by atoms with Crippen molar-refractivity contribution in [2.45, 2.75) is 28.6 Å². The minimum absolute atomic E-state index is 0.0443. The molecule has 7 nitrogen and oxygen atoms in total. The number of phenols is 1. The zero-order chi connectivity index (χ0) is 24.7. The number of aliphatic hydroxyl groups is 1. The summed E-state index contributed by atoms with van der Waals surface area (Å²) in [5.41, 5.74) is -0.853. The van der Waals surface area contributed by atoms with Gasteiger partial charge in [0.05, 0.1) is 4.90 Å². The lowest BCUT2D eigenvalue weighted by atomic mass is 9.98. The number of aromatic hydroxyl groups is 1. The highest BCUT2D eigenvalue weighted by Gasteiger charge is 2.30. The molecule has 0 radical (unpaired) electrons. The van der Waals surface area contributed by atoms with Crippen LogP contribution in [0.4, 0.5) is 0 Å². The average Bonchev–Trinajstić information content (AvgIpc) is 2.79. The fourth-order valence-corrected chi connectivity index (χ4v) is 6.33. The fourth-order valence-electron chi connectivity index (χ4n) is 3.97. The molecule has 3 N–H and O–H groups in total. The Morgan fingerprint density at radius 2 is 1.50 bits per heavy atom. The van der Waals surface area contributed by atoms with Gasteiger partial charge in [-0.3, -0.25) is 4.55 Å². The van der Waals surface area contributed by atoms with Gasteiger partial charge in [0.15, 0.2) is 5.44 Å². The Morgan fingerprint density at radius 1 is 0.824 bits per heavy atom. The summed E-state index contributed by atoms with van der Waals surface area (Å²) in [5.74, 6) is -0.0668. The summed E-state index contributed by atoms with van der Waals surface area (Å²) in [7, 11) is -8.84. The van der Waals surface area contributed by atoms with Gasteiger partial charge in [0.2, 0.25) is 9.84 Å². The number of phenolic OH excluding ortho intramolecular Hbond substituents is 1. The first-order valence-corrected chi connectivity index (χ1v) is 13.3. The number of aliphatic hydroxyl groups excluding tert-OH is 1. The van der Waals surface area contributed by atoms with Crippen LogP contribution in [0.25, 0.3) is 10.8 Å². The van der Waals surface area contributed by atoms with Gasteiger partial charge in [-0.25, -0.2) is 8.42 Å². The standard InChI is InChI=1S/C25H22O7S2/c1-16-14-20(12-13-23(16)26)33(28,29)25(27)22-9-5-3-7-18(22)15-19-11-10-17-6-2-4-8-21(17)24(19)34(30,31)32/h2-14,25-27H,15H2,1H3,(H,30,31,32). The molecule has 0 aliphatic carbocycles. The van der Waals surface area contributed by atoms with Crippen LogP contribution in [0, 0.1) is 6.92 Å². The van der Waals surface area contributed by atoms with E-state index in [0.717, 1.165) is 0 Å². The maximum atomic E-state index is 13.1. The van der Waals surface area contributed by atoms with Crippen LogP contribution in [-0.2, 0) is 26.4 Å². The molecule has 9 heteroatoms. The summed E-state index contributed by atoms with van der Waals surface area (Å²) in [6.45, 7) is 1.55. The number of rotatable bonds is 6. The second kappa shape index (κ2) is 8.84. The summed E-state index contributed by atoms with van der Waals surface area (Å²) < 4.78 is 60.8. The van der Waals surface area contributed by atoms with Crippen molar-refractivity contribution in [2.24, 2.45) is 0 Å². The Balaban J connectivity index is 1.82. The number of benzene rings is 4. The second-order valence-corrected chi connectivity index (χ2v) is 11.3. The average molecular weight is 499 g/mol. The summed E-state index contributed by atoms with van der Waals surface area (Å²) in [6, 6.07) is 20.0. The third-order valence-electron chi connectivity index (χ3n) is 5.71. The van der Waals surface area contributed by atoms with Crippen molar-refractivity contribution in [1.82, 2.24) is 0 Å². The Morgan fingerprint density at radius 3 is 2.21 bits per heavy atom. The van der Waals surface area contributed by atoms with Crippen LogP contribution in [0.2, 0.25) is 0 Å². The van der Waals surface area contributed by atoms with Gasteiger partial charge >= 0.3 is 0 Å². The van der Waals surface area contributed by atoms with E-state index in [1.807, 2.05) is 0 Å². The van der Waals surface area contributed by atoms with E-state index in [4.69, 9.17) is 0 Å². The van der Waals surface area contributed by atoms with Crippen LogP contribution in [0.3, 0.4) is 0 Å². The zero-order valence-electron chi connectivity index (χ0n) is 18.1. The molecule has 176 valence electrons. The van der Waals surface area contributed by atoms with Crippen molar-refractivity contribution in [2.75, 3.05) is 0 Å². The van der Waals surface area contributed by atoms with Crippen molar-refractivity contribution >= 4 is 30.7 Å². The van der Waals surface area contributed by atoms with Crippen molar-refractivity contribution in [3.63, 3.8) is 0 Å². The zero-order valence-corrected chi connectivity index (χ0v) is 19.7. The highest BCUT2D eigenvalue weighted by atomic mass is 32.2. The van der Waals surface area contributed by atoms with Crippen molar-refractivity contribution in [3.05, 3.63) is 101 Å². The number of hydrogen-bond acceptors (Lipinski definition) is 6. The molecule has 0 fully saturated rings. The second-order valence-electron chi connectivity index (χ2n) is 7.97. The molecule has 0 heterocycles. The first-order valence-electron chi connectivity index (χ1n) is 10.3. The van der Waals surface area contributed by atoms with Gasteiger partial charge in [-0.1, -0.05) is 60.7 Å². The van der Waals surface area contributed by atoms with Crippen LogP contribution in [0.15, 0.2) is 88.7 Å². The van der Waals surface area contributed by atoms with Gasteiger partial charge in [0.1, 0.15) is 10.6 Å². The van der Waals surface area contributed by atoms with Crippen LogP contribution in [0.5, 0.6) is 5.75 Å². The minimum atomic E-state index is -4.60. The van der Waals surface area contributed by atoms with E-state index in [9.17, 15) is 31.6 Å². The van der Waals surface area contributed by atoms with Crippen molar-refractivity contribution in [1.29, 1.82) is 0 Å². The number of hydrogen-bond donors (Lipinski definition) is 3. The monoisotopic (exact) mass is 498 g/mol. The van der Waals surface area contributed by atoms with Gasteiger partial charge in [-0.2, -0.15) is 8.42 Å². The molecule has 0 bridgehead atoms. The maximum Gasteiger partial charge on any atom is 0.295 e. The molecule has 34 heavy (non-hydrogen) atoms. The molecule has 0 saturated carbocycles. The number of aryl methyl sites for hydroxylation is 1. The third kappa shape index (κ3) is 4.43. The molecular formula is C25H22O7S2. The molecule has 0 amide bonds. The highest BCUT2D eigenvalue weighted by molar-refractivity contribution is 7.91. The number of fused-ring (bicyclic) bond motifs is 1. The predicted octanol–water partition coefficient (Wildman–Crippen LogP) is 4.16. The molecule has 4 aromatic rings. The molecule has 1 unspecified atom stereocenters. The van der Waals surface area contributed by atoms with Crippen molar-refractivity contribution in [3.8, 4) is 5.75 Å². The fraction of sp³-hybridized carbons (Fsp3) is 0.120. The first-order chi connectivity index (χ1) is 16.0. The van der Waals surface area contributed by atoms with Gasteiger partial charge in [-0.05, 0) is 59.2 Å². The first kappa shape index (κ1) is 23.9. The van der Waals surface area contributed by atoms with E-state index in [1.165, 1.54) is 24.3 Å². The lowest BCUT2D eigenvalue weighted by Crippen LogP contribution is -2.16. The molecular weight excluding hydrogens is 476 g/mol. The van der Waals surface area contributed by atoms with Crippen LogP contribution < -0.4 is 0 Å². The third-order valence-corrected chi connectivity index (χ3v) is 8.46. The van der Waals surface area contributed by atoms with Crippen LogP contribution in [-0.4, -0.2) is 31.6 Å². The van der Waals surface area contributed by atoms with Gasteiger partial charge in [-0.15, -0.1) is 0 Å². The van der Waals surface area contributed by atoms with E-state index in [0.29, 0.717) is 21.9 Å². The SMILES string of the molecule is Cc1cc(S(=O)(=O)C(O)c2ccccc2Cc2ccc3ccccc3c2S(=O)(=O)O)ccc1O. The van der Waals surface area contributed by atoms with Gasteiger partial charge in [0, 0.05) is 5.39 Å². The van der Waals surface area contributed by atoms with E-state index >= 15 is 0 Å². The highest BCUT2D eigenvalue weighted by Crippen LogP contribution is 2.34. The molecule has 0 aliphatic rings. The largest absolute Gasteiger partial charge is 0.508 e. The molecule has 4 aromatic carbocycles. The maximum absolute atomic E-state index is 13.1. The molecule has 4 rings (SSSR count). The van der Waals surface area contributed by atoms with E-state index < -0.39 is 25.4 Å². The Kier molecular flexibility index (Phi) is 6.22. The van der Waals surface area contributed by atoms with E-state index in [2.05, 4.69) is 0 Å². The molecule has 0 spiro atoms. The summed E-state index contributed by atoms with van der Waals surface area (Å²) in [4.78, 5) is -0.415. The van der Waals surface area contributed by atoms with Gasteiger partial charge in [0.25, 0.3) is 10.1 Å². The summed E-state index contributed by atoms with van der Waals surface area (Å²) in [5, 5.41) is 21.6. The molecule has 0 aliphatic heterocycles. The quantitative estimate of drug-likeness (QED) is 0.341. The smallest absolute Gasteiger partial charge is 0.295 e. The predicted molar refractivity (Wildman–Crippen MR) is 128 cm³/mol. The lowest BCUT2D eigenvalue weighted by Gasteiger charge is -2.18. The number of sulfone groups is 1. The molecule has 0 saturated heterocycles. The van der Waals surface area contributed by atoms with Gasteiger partial charge < -0.3 is 10.2 Å². The lowest BCUT2D eigenvalue weighted by molar-refractivity contribution is 0.253. The summed E-state index contributed by atoms with van der Waals surface area (Å²) in [6.07, 6.45) is -0.0443. The Hall–Kier alpha value is -3.24. The Labute approximate surface area is 197 Å². The minimum Gasteiger partial charge on any atom is -0.508 e. The summed E-state index contributed by atoms with van der Waals surface area (Å²) >= 11 is 0. The van der Waals surface area contributed by atoms with Crippen LogP contribution in [0.1, 0.15) is 27.7 Å². The molecule has 0 aromatic heterocycles. The topological polar surface area (TPSA) is 129 Å². The van der Waals surface area contributed by atoms with E-state index in [1.54, 1.807) is 61.5 Å². The van der Waals surface area contributed by atoms with E-state index in [-0.39, 0.29) is 33.1 Å². The van der Waals surface area contributed by atoms with Crippen molar-refractivity contribution < 1.29 is 31.6 Å². The Bertz CT molecular complexity index is 1610.